The average molecular weight is 313 g/mol. The lowest BCUT2D eigenvalue weighted by Gasteiger charge is -2.47. The van der Waals surface area contributed by atoms with Crippen molar-refractivity contribution in [2.75, 3.05) is 38.7 Å². The Kier molecular flexibility index (Phi) is 4.30. The summed E-state index contributed by atoms with van der Waals surface area (Å²) >= 11 is 3.61. The second kappa shape index (κ2) is 5.59. The highest BCUT2D eigenvalue weighted by molar-refractivity contribution is 9.10. The molecule has 1 heterocycles. The molecule has 3 nitrogen and oxygen atoms in total. The zero-order chi connectivity index (χ0) is 13.2. The zero-order valence-electron chi connectivity index (χ0n) is 11.1. The number of anilines is 1. The maximum Gasteiger partial charge on any atom is 0.0632 e. The molecule has 1 aliphatic heterocycles. The van der Waals surface area contributed by atoms with Crippen LogP contribution in [0, 0.1) is 0 Å². The predicted octanol–water partition coefficient (Wildman–Crippen LogP) is 2.34. The van der Waals surface area contributed by atoms with Gasteiger partial charge in [0, 0.05) is 17.6 Å². The second-order valence-electron chi connectivity index (χ2n) is 5.25. The highest BCUT2D eigenvalue weighted by Crippen LogP contribution is 2.32. The number of hydrogen-bond acceptors (Lipinski definition) is 3. The number of piperidine rings is 1. The quantitative estimate of drug-likeness (QED) is 0.928. The molecule has 0 spiro atoms. The van der Waals surface area contributed by atoms with Crippen molar-refractivity contribution in [1.29, 1.82) is 0 Å². The number of rotatable bonds is 3. The molecule has 0 radical (unpaired) electrons. The zero-order valence-corrected chi connectivity index (χ0v) is 12.7. The van der Waals surface area contributed by atoms with Gasteiger partial charge in [-0.2, -0.15) is 0 Å². The number of aliphatic hydroxyl groups excluding tert-OH is 1. The molecule has 2 rings (SSSR count). The molecule has 0 saturated carbocycles. The molecule has 1 unspecified atom stereocenters. The molecule has 18 heavy (non-hydrogen) atoms. The standard InChI is InChI=1S/C14H21BrN2O/c1-16(2)14(11-18)8-5-9-17(10-14)13-7-4-3-6-12(13)15/h3-4,6-7,18H,5,8-11H2,1-2H3. The summed E-state index contributed by atoms with van der Waals surface area (Å²) in [5.74, 6) is 0. The summed E-state index contributed by atoms with van der Waals surface area (Å²) in [4.78, 5) is 4.53. The highest BCUT2D eigenvalue weighted by Gasteiger charge is 2.37. The van der Waals surface area contributed by atoms with E-state index in [0.717, 1.165) is 30.4 Å². The normalized spacial score (nSPS) is 24.6. The number of para-hydroxylation sites is 1. The number of halogens is 1. The van der Waals surface area contributed by atoms with Gasteiger partial charge in [0.2, 0.25) is 0 Å². The lowest BCUT2D eigenvalue weighted by molar-refractivity contribution is 0.0547. The molecule has 1 N–H and O–H groups in total. The van der Waals surface area contributed by atoms with E-state index in [4.69, 9.17) is 0 Å². The van der Waals surface area contributed by atoms with E-state index in [1.807, 2.05) is 6.07 Å². The molecule has 1 aromatic carbocycles. The van der Waals surface area contributed by atoms with Crippen LogP contribution in [0.1, 0.15) is 12.8 Å². The SMILES string of the molecule is CN(C)C1(CO)CCCN(c2ccccc2Br)C1. The van der Waals surface area contributed by atoms with Crippen molar-refractivity contribution in [3.05, 3.63) is 28.7 Å². The fourth-order valence-electron chi connectivity index (χ4n) is 2.66. The third-order valence-corrected chi connectivity index (χ3v) is 4.66. The van der Waals surface area contributed by atoms with Gasteiger partial charge in [-0.05, 0) is 55.0 Å². The first-order valence-corrected chi connectivity index (χ1v) is 7.16. The van der Waals surface area contributed by atoms with Gasteiger partial charge in [0.1, 0.15) is 0 Å². The summed E-state index contributed by atoms with van der Waals surface area (Å²) in [5.41, 5.74) is 1.10. The minimum Gasteiger partial charge on any atom is -0.394 e. The monoisotopic (exact) mass is 312 g/mol. The van der Waals surface area contributed by atoms with Gasteiger partial charge in [-0.25, -0.2) is 0 Å². The molecule has 1 aromatic rings. The summed E-state index contributed by atoms with van der Waals surface area (Å²) in [6.07, 6.45) is 2.16. The maximum absolute atomic E-state index is 9.77. The van der Waals surface area contributed by atoms with E-state index >= 15 is 0 Å². The fourth-order valence-corrected chi connectivity index (χ4v) is 3.20. The van der Waals surface area contributed by atoms with Crippen LogP contribution in [-0.4, -0.2) is 49.3 Å². The van der Waals surface area contributed by atoms with Crippen LogP contribution in [0.15, 0.2) is 28.7 Å². The summed E-state index contributed by atoms with van der Waals surface area (Å²) in [6, 6.07) is 8.29. The van der Waals surface area contributed by atoms with Crippen molar-refractivity contribution in [3.63, 3.8) is 0 Å². The van der Waals surface area contributed by atoms with E-state index < -0.39 is 0 Å². The number of aliphatic hydroxyl groups is 1. The van der Waals surface area contributed by atoms with Crippen molar-refractivity contribution in [2.24, 2.45) is 0 Å². The lowest BCUT2D eigenvalue weighted by Crippen LogP contribution is -2.58. The molecule has 0 aliphatic carbocycles. The third-order valence-electron chi connectivity index (χ3n) is 3.99. The summed E-state index contributed by atoms with van der Waals surface area (Å²) in [6.45, 7) is 2.14. The van der Waals surface area contributed by atoms with Crippen LogP contribution >= 0.6 is 15.9 Å². The van der Waals surface area contributed by atoms with E-state index in [-0.39, 0.29) is 12.1 Å². The van der Waals surface area contributed by atoms with Gasteiger partial charge < -0.3 is 10.0 Å². The Bertz CT molecular complexity index is 411. The van der Waals surface area contributed by atoms with Crippen LogP contribution in [0.3, 0.4) is 0 Å². The van der Waals surface area contributed by atoms with Crippen LogP contribution in [0.25, 0.3) is 0 Å². The molecular formula is C14H21BrN2O. The summed E-state index contributed by atoms with van der Waals surface area (Å²) in [7, 11) is 4.11. The number of nitrogens with zero attached hydrogens (tertiary/aromatic N) is 2. The number of likely N-dealkylation sites (N-methyl/N-ethyl adjacent to an activating group) is 1. The summed E-state index contributed by atoms with van der Waals surface area (Å²) < 4.78 is 1.12. The molecule has 0 amide bonds. The first-order valence-electron chi connectivity index (χ1n) is 6.37. The smallest absolute Gasteiger partial charge is 0.0632 e. The van der Waals surface area contributed by atoms with Gasteiger partial charge >= 0.3 is 0 Å². The molecule has 4 heteroatoms. The van der Waals surface area contributed by atoms with Crippen molar-refractivity contribution >= 4 is 21.6 Å². The van der Waals surface area contributed by atoms with E-state index in [1.165, 1.54) is 5.69 Å². The Balaban J connectivity index is 2.24. The van der Waals surface area contributed by atoms with Crippen LogP contribution in [0.5, 0.6) is 0 Å². The third kappa shape index (κ3) is 2.56. The van der Waals surface area contributed by atoms with Gasteiger partial charge in [-0.3, -0.25) is 4.90 Å². The fraction of sp³-hybridized carbons (Fsp3) is 0.571. The molecule has 1 atom stereocenters. The van der Waals surface area contributed by atoms with Gasteiger partial charge in [0.05, 0.1) is 17.8 Å². The average Bonchev–Trinajstić information content (AvgIpc) is 2.39. The van der Waals surface area contributed by atoms with Crippen LogP contribution < -0.4 is 4.90 Å². The maximum atomic E-state index is 9.77. The van der Waals surface area contributed by atoms with Crippen LogP contribution in [-0.2, 0) is 0 Å². The lowest BCUT2D eigenvalue weighted by atomic mass is 9.88. The molecule has 0 aromatic heterocycles. The van der Waals surface area contributed by atoms with Crippen molar-refractivity contribution < 1.29 is 5.11 Å². The largest absolute Gasteiger partial charge is 0.394 e. The van der Waals surface area contributed by atoms with Crippen LogP contribution in [0.2, 0.25) is 0 Å². The molecule has 1 aliphatic rings. The predicted molar refractivity (Wildman–Crippen MR) is 79.1 cm³/mol. The first kappa shape index (κ1) is 13.8. The minimum absolute atomic E-state index is 0.118. The molecule has 1 fully saturated rings. The topological polar surface area (TPSA) is 26.7 Å². The first-order chi connectivity index (χ1) is 8.59. The second-order valence-corrected chi connectivity index (χ2v) is 6.11. The van der Waals surface area contributed by atoms with Crippen LogP contribution in [0.4, 0.5) is 5.69 Å². The van der Waals surface area contributed by atoms with Crippen molar-refractivity contribution in [1.82, 2.24) is 4.90 Å². The minimum atomic E-state index is -0.118. The highest BCUT2D eigenvalue weighted by atomic mass is 79.9. The molecule has 1 saturated heterocycles. The van der Waals surface area contributed by atoms with Gasteiger partial charge in [0.25, 0.3) is 0 Å². The van der Waals surface area contributed by atoms with E-state index in [2.05, 4.69) is 58.0 Å². The Hall–Kier alpha value is -0.580. The van der Waals surface area contributed by atoms with Crippen molar-refractivity contribution in [3.8, 4) is 0 Å². The number of benzene rings is 1. The van der Waals surface area contributed by atoms with E-state index in [9.17, 15) is 5.11 Å². The van der Waals surface area contributed by atoms with Gasteiger partial charge in [0.15, 0.2) is 0 Å². The van der Waals surface area contributed by atoms with E-state index in [0.29, 0.717) is 0 Å². The molecular weight excluding hydrogens is 292 g/mol. The Labute approximate surface area is 118 Å². The molecule has 0 bridgehead atoms. The summed E-state index contributed by atoms with van der Waals surface area (Å²) in [5, 5.41) is 9.77. The van der Waals surface area contributed by atoms with Gasteiger partial charge in [-0.1, -0.05) is 12.1 Å². The Morgan fingerprint density at radius 2 is 2.11 bits per heavy atom. The van der Waals surface area contributed by atoms with Crippen molar-refractivity contribution in [2.45, 2.75) is 18.4 Å². The molecule has 100 valence electrons. The Morgan fingerprint density at radius 1 is 1.39 bits per heavy atom. The van der Waals surface area contributed by atoms with Gasteiger partial charge in [-0.15, -0.1) is 0 Å². The Morgan fingerprint density at radius 3 is 2.72 bits per heavy atom. The number of hydrogen-bond donors (Lipinski definition) is 1. The van der Waals surface area contributed by atoms with E-state index in [1.54, 1.807) is 0 Å².